The van der Waals surface area contributed by atoms with Gasteiger partial charge in [-0.25, -0.2) is 0 Å². The van der Waals surface area contributed by atoms with Crippen LogP contribution in [0, 0.1) is 5.92 Å². The molecule has 3 rings (SSSR count). The van der Waals surface area contributed by atoms with Crippen LogP contribution in [0.3, 0.4) is 0 Å². The molecule has 1 saturated heterocycles. The third-order valence-electron chi connectivity index (χ3n) is 4.12. The lowest BCUT2D eigenvalue weighted by molar-refractivity contribution is 0.0755. The highest BCUT2D eigenvalue weighted by Gasteiger charge is 2.21. The van der Waals surface area contributed by atoms with Crippen LogP contribution in [-0.2, 0) is 0 Å². The third kappa shape index (κ3) is 2.68. The number of hydrogen-bond acceptors (Lipinski definition) is 1. The molecule has 1 aliphatic rings. The minimum Gasteiger partial charge on any atom is -0.350 e. The van der Waals surface area contributed by atoms with E-state index >= 15 is 0 Å². The fourth-order valence-electron chi connectivity index (χ4n) is 2.85. The summed E-state index contributed by atoms with van der Waals surface area (Å²) in [5, 5.41) is 1.71. The van der Waals surface area contributed by atoms with E-state index in [1.165, 1.54) is 6.42 Å². The zero-order valence-electron chi connectivity index (χ0n) is 11.7. The van der Waals surface area contributed by atoms with Gasteiger partial charge in [0.15, 0.2) is 0 Å². The van der Waals surface area contributed by atoms with Gasteiger partial charge in [0.1, 0.15) is 5.69 Å². The minimum absolute atomic E-state index is 0.103. The summed E-state index contributed by atoms with van der Waals surface area (Å²) in [6, 6.07) is 7.57. The molecule has 2 heterocycles. The van der Waals surface area contributed by atoms with E-state index in [1.807, 2.05) is 29.2 Å². The molecule has 0 bridgehead atoms. The van der Waals surface area contributed by atoms with Gasteiger partial charge in [-0.1, -0.05) is 24.6 Å². The van der Waals surface area contributed by atoms with Crippen molar-refractivity contribution >= 4 is 28.4 Å². The first-order valence-electron chi connectivity index (χ1n) is 7.21. The van der Waals surface area contributed by atoms with Crippen LogP contribution in [0.2, 0.25) is 5.02 Å². The molecule has 1 unspecified atom stereocenters. The third-order valence-corrected chi connectivity index (χ3v) is 4.35. The number of hydrogen-bond donors (Lipinski definition) is 1. The van der Waals surface area contributed by atoms with Gasteiger partial charge in [0, 0.05) is 29.0 Å². The monoisotopic (exact) mass is 290 g/mol. The molecule has 20 heavy (non-hydrogen) atoms. The summed E-state index contributed by atoms with van der Waals surface area (Å²) in [5.74, 6) is 0.820. The summed E-state index contributed by atoms with van der Waals surface area (Å²) in [7, 11) is 0. The molecule has 2 aromatic rings. The van der Waals surface area contributed by atoms with Gasteiger partial charge in [-0.15, -0.1) is 0 Å². The Labute approximate surface area is 123 Å². The van der Waals surface area contributed by atoms with Gasteiger partial charge in [0.25, 0.3) is 5.91 Å². The summed E-state index contributed by atoms with van der Waals surface area (Å²) in [5.41, 5.74) is 1.58. The average molecular weight is 291 g/mol. The molecule has 1 amide bonds. The number of halogens is 1. The van der Waals surface area contributed by atoms with Crippen molar-refractivity contribution < 1.29 is 4.79 Å². The summed E-state index contributed by atoms with van der Waals surface area (Å²) >= 11 is 5.98. The highest BCUT2D eigenvalue weighted by molar-refractivity contribution is 6.31. The first-order valence-corrected chi connectivity index (χ1v) is 7.59. The zero-order chi connectivity index (χ0) is 14.1. The van der Waals surface area contributed by atoms with Crippen molar-refractivity contribution in [3.8, 4) is 0 Å². The molecule has 1 aromatic carbocycles. The van der Waals surface area contributed by atoms with E-state index in [1.54, 1.807) is 0 Å². The number of H-pyrrole nitrogens is 1. The summed E-state index contributed by atoms with van der Waals surface area (Å²) in [6.45, 7) is 3.98. The van der Waals surface area contributed by atoms with E-state index in [9.17, 15) is 4.79 Å². The predicted molar refractivity (Wildman–Crippen MR) is 82.2 cm³/mol. The topological polar surface area (TPSA) is 36.1 Å². The molecule has 4 heteroatoms. The molecule has 106 valence electrons. The Hall–Kier alpha value is -1.48. The largest absolute Gasteiger partial charge is 0.350 e. The molecule has 1 aromatic heterocycles. The molecule has 0 saturated carbocycles. The first kappa shape index (κ1) is 13.5. The molecule has 0 spiro atoms. The van der Waals surface area contributed by atoms with E-state index in [0.29, 0.717) is 16.6 Å². The average Bonchev–Trinajstić information content (AvgIpc) is 2.72. The number of nitrogens with one attached hydrogen (secondary N) is 1. The van der Waals surface area contributed by atoms with Crippen LogP contribution in [0.1, 0.15) is 36.7 Å². The van der Waals surface area contributed by atoms with Crippen LogP contribution < -0.4 is 0 Å². The van der Waals surface area contributed by atoms with Crippen LogP contribution in [0.25, 0.3) is 10.9 Å². The number of nitrogens with zero attached hydrogens (tertiary/aromatic N) is 1. The second-order valence-corrected chi connectivity index (χ2v) is 6.18. The van der Waals surface area contributed by atoms with Crippen molar-refractivity contribution in [3.05, 3.63) is 35.0 Å². The number of likely N-dealkylation sites (tertiary alicyclic amines) is 1. The van der Waals surface area contributed by atoms with Crippen molar-refractivity contribution in [2.75, 3.05) is 13.1 Å². The Balaban J connectivity index is 1.84. The Kier molecular flexibility index (Phi) is 3.70. The standard InChI is InChI=1S/C16H19ClN2O/c1-11-3-2-7-19(8-6-11)16(20)15-9-12-4-5-13(17)10-14(12)18-15/h4-5,9-11,18H,2-3,6-8H2,1H3. The van der Waals surface area contributed by atoms with Gasteiger partial charge < -0.3 is 9.88 Å². The molecule has 3 nitrogen and oxygen atoms in total. The fraction of sp³-hybridized carbons (Fsp3) is 0.438. The molecular weight excluding hydrogens is 272 g/mol. The Morgan fingerprint density at radius 3 is 3.00 bits per heavy atom. The second kappa shape index (κ2) is 5.49. The number of fused-ring (bicyclic) bond motifs is 1. The van der Waals surface area contributed by atoms with E-state index in [2.05, 4.69) is 11.9 Å². The number of aromatic nitrogens is 1. The van der Waals surface area contributed by atoms with Crippen molar-refractivity contribution in [1.82, 2.24) is 9.88 Å². The number of carbonyl (C=O) groups is 1. The van der Waals surface area contributed by atoms with Gasteiger partial charge >= 0.3 is 0 Å². The van der Waals surface area contributed by atoms with Gasteiger partial charge in [-0.05, 0) is 43.4 Å². The van der Waals surface area contributed by atoms with Crippen molar-refractivity contribution in [3.63, 3.8) is 0 Å². The molecular formula is C16H19ClN2O. The van der Waals surface area contributed by atoms with Crippen LogP contribution in [0.5, 0.6) is 0 Å². The van der Waals surface area contributed by atoms with Crippen molar-refractivity contribution in [2.45, 2.75) is 26.2 Å². The van der Waals surface area contributed by atoms with E-state index in [-0.39, 0.29) is 5.91 Å². The first-order chi connectivity index (χ1) is 9.63. The molecule has 1 atom stereocenters. The van der Waals surface area contributed by atoms with Gasteiger partial charge in [-0.3, -0.25) is 4.79 Å². The number of carbonyl (C=O) groups excluding carboxylic acids is 1. The number of aromatic amines is 1. The SMILES string of the molecule is CC1CCCN(C(=O)c2cc3ccc(Cl)cc3[nH]2)CC1. The van der Waals surface area contributed by atoms with Crippen molar-refractivity contribution in [2.24, 2.45) is 5.92 Å². The van der Waals surface area contributed by atoms with Crippen LogP contribution in [0.15, 0.2) is 24.3 Å². The maximum atomic E-state index is 12.6. The van der Waals surface area contributed by atoms with E-state index in [4.69, 9.17) is 11.6 Å². The van der Waals surface area contributed by atoms with E-state index in [0.717, 1.165) is 36.8 Å². The molecule has 0 aliphatic carbocycles. The van der Waals surface area contributed by atoms with Crippen LogP contribution in [0.4, 0.5) is 0 Å². The molecule has 1 aliphatic heterocycles. The summed E-state index contributed by atoms with van der Waals surface area (Å²) in [4.78, 5) is 17.7. The minimum atomic E-state index is 0.103. The normalized spacial score (nSPS) is 20.1. The quantitative estimate of drug-likeness (QED) is 0.844. The Bertz CT molecular complexity index is 634. The summed E-state index contributed by atoms with van der Waals surface area (Å²) < 4.78 is 0. The lowest BCUT2D eigenvalue weighted by Crippen LogP contribution is -2.32. The lowest BCUT2D eigenvalue weighted by Gasteiger charge is -2.19. The zero-order valence-corrected chi connectivity index (χ0v) is 12.4. The fourth-order valence-corrected chi connectivity index (χ4v) is 3.02. The Morgan fingerprint density at radius 2 is 2.15 bits per heavy atom. The molecule has 1 N–H and O–H groups in total. The van der Waals surface area contributed by atoms with Gasteiger partial charge in [0.05, 0.1) is 0 Å². The number of benzene rings is 1. The van der Waals surface area contributed by atoms with Gasteiger partial charge in [0.2, 0.25) is 0 Å². The molecule has 0 radical (unpaired) electrons. The maximum Gasteiger partial charge on any atom is 0.270 e. The predicted octanol–water partition coefficient (Wildman–Crippen LogP) is 4.08. The smallest absolute Gasteiger partial charge is 0.270 e. The maximum absolute atomic E-state index is 12.6. The number of rotatable bonds is 1. The van der Waals surface area contributed by atoms with Crippen LogP contribution in [-0.4, -0.2) is 28.9 Å². The summed E-state index contributed by atoms with van der Waals surface area (Å²) in [6.07, 6.45) is 3.41. The Morgan fingerprint density at radius 1 is 1.30 bits per heavy atom. The van der Waals surface area contributed by atoms with Crippen LogP contribution >= 0.6 is 11.6 Å². The lowest BCUT2D eigenvalue weighted by atomic mass is 10.0. The van der Waals surface area contributed by atoms with Gasteiger partial charge in [-0.2, -0.15) is 0 Å². The van der Waals surface area contributed by atoms with Crippen molar-refractivity contribution in [1.29, 1.82) is 0 Å². The molecule has 1 fully saturated rings. The highest BCUT2D eigenvalue weighted by Crippen LogP contribution is 2.22. The number of amides is 1. The second-order valence-electron chi connectivity index (χ2n) is 5.74. The van der Waals surface area contributed by atoms with E-state index < -0.39 is 0 Å². The highest BCUT2D eigenvalue weighted by atomic mass is 35.5.